The van der Waals surface area contributed by atoms with Gasteiger partial charge in [0.15, 0.2) is 11.5 Å². The Morgan fingerprint density at radius 3 is 2.32 bits per heavy atom. The van der Waals surface area contributed by atoms with E-state index in [1.54, 1.807) is 0 Å². The molecule has 13 heteroatoms. The average Bonchev–Trinajstić information content (AvgIpc) is 2.73. The van der Waals surface area contributed by atoms with E-state index in [1.165, 1.54) is 0 Å². The monoisotopic (exact) mass is 494 g/mol. The largest absolute Gasteiger partial charge is 0.493 e. The Morgan fingerprint density at radius 1 is 1.03 bits per heavy atom. The fourth-order valence-corrected chi connectivity index (χ4v) is 3.33. The van der Waals surface area contributed by atoms with E-state index in [4.69, 9.17) is 9.47 Å². The van der Waals surface area contributed by atoms with E-state index in [-0.39, 0.29) is 37.3 Å². The minimum Gasteiger partial charge on any atom is -0.493 e. The summed E-state index contributed by atoms with van der Waals surface area (Å²) in [5.41, 5.74) is -4.83. The Kier molecular flexibility index (Phi) is 6.94. The van der Waals surface area contributed by atoms with Gasteiger partial charge in [-0.3, -0.25) is 9.59 Å². The molecule has 0 saturated carbocycles. The van der Waals surface area contributed by atoms with Crippen molar-refractivity contribution in [3.63, 3.8) is 0 Å². The van der Waals surface area contributed by atoms with Gasteiger partial charge in [-0.05, 0) is 30.7 Å². The van der Waals surface area contributed by atoms with Crippen molar-refractivity contribution in [2.45, 2.75) is 31.2 Å². The molecule has 3 rings (SSSR count). The molecule has 0 bridgehead atoms. The van der Waals surface area contributed by atoms with Gasteiger partial charge < -0.3 is 20.1 Å². The number of nitrogens with one attached hydrogen (secondary N) is 2. The highest BCUT2D eigenvalue weighted by atomic mass is 19.4. The topological polar surface area (TPSA) is 76.7 Å². The summed E-state index contributed by atoms with van der Waals surface area (Å²) in [6.45, 7) is 0.152. The molecule has 0 spiro atoms. The van der Waals surface area contributed by atoms with Crippen LogP contribution in [0.1, 0.15) is 34.3 Å². The van der Waals surface area contributed by atoms with Gasteiger partial charge >= 0.3 is 12.4 Å². The third kappa shape index (κ3) is 5.69. The van der Waals surface area contributed by atoms with Gasteiger partial charge in [-0.2, -0.15) is 26.3 Å². The highest BCUT2D eigenvalue weighted by Gasteiger charge is 2.42. The molecule has 2 amide bonds. The lowest BCUT2D eigenvalue weighted by molar-refractivity contribution is -0.143. The molecular weight excluding hydrogens is 477 g/mol. The molecule has 1 aliphatic heterocycles. The number of carbonyl (C=O) groups excluding carboxylic acids is 2. The van der Waals surface area contributed by atoms with Crippen molar-refractivity contribution < 1.29 is 49.8 Å². The predicted molar refractivity (Wildman–Crippen MR) is 103 cm³/mol. The quantitative estimate of drug-likeness (QED) is 0.593. The maximum atomic E-state index is 13.8. The maximum absolute atomic E-state index is 13.8. The number of piperidine rings is 1. The molecule has 0 aliphatic carbocycles. The number of amides is 2. The number of methoxy groups -OCH3 is 1. The maximum Gasteiger partial charge on any atom is 0.417 e. The van der Waals surface area contributed by atoms with Crippen LogP contribution in [0, 0.1) is 5.82 Å². The van der Waals surface area contributed by atoms with E-state index in [0.717, 1.165) is 25.3 Å². The number of benzene rings is 2. The molecule has 2 aromatic carbocycles. The van der Waals surface area contributed by atoms with Crippen LogP contribution in [0.5, 0.6) is 17.2 Å². The molecule has 0 radical (unpaired) electrons. The minimum absolute atomic E-state index is 0.152. The molecule has 1 fully saturated rings. The molecule has 2 aromatic rings. The summed E-state index contributed by atoms with van der Waals surface area (Å²) >= 11 is 0. The van der Waals surface area contributed by atoms with Crippen molar-refractivity contribution in [3.8, 4) is 17.2 Å². The summed E-state index contributed by atoms with van der Waals surface area (Å²) in [6.07, 6.45) is -10.6. The Hall–Kier alpha value is -3.51. The van der Waals surface area contributed by atoms with Gasteiger partial charge in [-0.15, -0.1) is 0 Å². The Bertz CT molecular complexity index is 1100. The van der Waals surface area contributed by atoms with Crippen molar-refractivity contribution >= 4 is 11.8 Å². The number of ether oxygens (including phenoxy) is 2. The molecule has 2 N–H and O–H groups in total. The second-order valence-electron chi connectivity index (χ2n) is 7.30. The number of carbonyl (C=O) groups is 2. The molecule has 6 nitrogen and oxygen atoms in total. The highest BCUT2D eigenvalue weighted by Crippen LogP contribution is 2.43. The van der Waals surface area contributed by atoms with Crippen molar-refractivity contribution in [3.05, 3.63) is 52.8 Å². The highest BCUT2D eigenvalue weighted by molar-refractivity contribution is 5.99. The average molecular weight is 494 g/mol. The summed E-state index contributed by atoms with van der Waals surface area (Å²) in [4.78, 5) is 24.4. The van der Waals surface area contributed by atoms with Gasteiger partial charge in [-0.1, -0.05) is 0 Å². The molecule has 1 saturated heterocycles. The van der Waals surface area contributed by atoms with Gasteiger partial charge in [0, 0.05) is 25.1 Å². The SMILES string of the molecule is COc1cc(F)ccc1Oc1cc(C(F)(F)F)cc(C(F)(F)F)c1C(=O)NC1CCNC(=O)C1. The Balaban J connectivity index is 2.16. The summed E-state index contributed by atoms with van der Waals surface area (Å²) in [6, 6.07) is 1.76. The molecule has 1 heterocycles. The second kappa shape index (κ2) is 9.39. The van der Waals surface area contributed by atoms with Gasteiger partial charge in [0.05, 0.1) is 23.8 Å². The summed E-state index contributed by atoms with van der Waals surface area (Å²) in [5, 5.41) is 4.73. The van der Waals surface area contributed by atoms with Crippen LogP contribution in [-0.2, 0) is 17.1 Å². The second-order valence-corrected chi connectivity index (χ2v) is 7.30. The van der Waals surface area contributed by atoms with E-state index in [2.05, 4.69) is 10.6 Å². The Morgan fingerprint density at radius 2 is 1.74 bits per heavy atom. The number of rotatable bonds is 5. The first-order chi connectivity index (χ1) is 15.8. The molecule has 0 aromatic heterocycles. The first-order valence-electron chi connectivity index (χ1n) is 9.71. The zero-order valence-electron chi connectivity index (χ0n) is 17.4. The van der Waals surface area contributed by atoms with Crippen LogP contribution in [0.15, 0.2) is 30.3 Å². The fourth-order valence-electron chi connectivity index (χ4n) is 3.33. The third-order valence-corrected chi connectivity index (χ3v) is 4.89. The van der Waals surface area contributed by atoms with Crippen molar-refractivity contribution in [2.75, 3.05) is 13.7 Å². The van der Waals surface area contributed by atoms with Crippen LogP contribution in [0.2, 0.25) is 0 Å². The van der Waals surface area contributed by atoms with Gasteiger partial charge in [0.25, 0.3) is 5.91 Å². The van der Waals surface area contributed by atoms with Crippen molar-refractivity contribution in [2.24, 2.45) is 0 Å². The van der Waals surface area contributed by atoms with Crippen LogP contribution in [0.25, 0.3) is 0 Å². The zero-order chi connectivity index (χ0) is 25.3. The first-order valence-corrected chi connectivity index (χ1v) is 9.71. The lowest BCUT2D eigenvalue weighted by Gasteiger charge is -2.25. The summed E-state index contributed by atoms with van der Waals surface area (Å²) in [7, 11) is 1.08. The zero-order valence-corrected chi connectivity index (χ0v) is 17.4. The standard InChI is InChI=1S/C21H17F7N2O4/c1-33-15-8-11(22)2-3-14(15)34-16-7-10(20(23,24)25)6-13(21(26,27)28)18(16)19(32)30-12-4-5-29-17(31)9-12/h2-3,6-8,12H,4-5,9H2,1H3,(H,29,31)(H,30,32). The summed E-state index contributed by atoms with van der Waals surface area (Å²) < 4.78 is 105. The van der Waals surface area contributed by atoms with Crippen LogP contribution < -0.4 is 20.1 Å². The van der Waals surface area contributed by atoms with Gasteiger partial charge in [0.1, 0.15) is 11.6 Å². The smallest absolute Gasteiger partial charge is 0.417 e. The molecule has 1 atom stereocenters. The lowest BCUT2D eigenvalue weighted by atomic mass is 9.99. The first kappa shape index (κ1) is 25.1. The molecular formula is C21H17F7N2O4. The van der Waals surface area contributed by atoms with E-state index in [9.17, 15) is 40.3 Å². The molecule has 1 aliphatic rings. The van der Waals surface area contributed by atoms with Crippen molar-refractivity contribution in [1.29, 1.82) is 0 Å². The van der Waals surface area contributed by atoms with Crippen molar-refractivity contribution in [1.82, 2.24) is 10.6 Å². The molecule has 1 unspecified atom stereocenters. The van der Waals surface area contributed by atoms with E-state index >= 15 is 0 Å². The van der Waals surface area contributed by atoms with Crippen LogP contribution >= 0.6 is 0 Å². The number of alkyl halides is 6. The van der Waals surface area contributed by atoms with E-state index < -0.39 is 64.2 Å². The molecule has 184 valence electrons. The summed E-state index contributed by atoms with van der Waals surface area (Å²) in [5.74, 6) is -4.49. The van der Waals surface area contributed by atoms with E-state index in [0.29, 0.717) is 0 Å². The molecule has 34 heavy (non-hydrogen) atoms. The normalized spacial score (nSPS) is 16.6. The number of halogens is 7. The van der Waals surface area contributed by atoms with E-state index in [1.807, 2.05) is 0 Å². The predicted octanol–water partition coefficient (Wildman–Crippen LogP) is 4.67. The fraction of sp³-hybridized carbons (Fsp3) is 0.333. The third-order valence-electron chi connectivity index (χ3n) is 4.89. The Labute approximate surface area is 188 Å². The van der Waals surface area contributed by atoms with Gasteiger partial charge in [-0.25, -0.2) is 4.39 Å². The van der Waals surface area contributed by atoms with Crippen LogP contribution in [0.4, 0.5) is 30.7 Å². The number of hydrogen-bond donors (Lipinski definition) is 2. The van der Waals surface area contributed by atoms with Gasteiger partial charge in [0.2, 0.25) is 5.91 Å². The van der Waals surface area contributed by atoms with Crippen LogP contribution in [-0.4, -0.2) is 31.5 Å². The minimum atomic E-state index is -5.37. The number of hydrogen-bond acceptors (Lipinski definition) is 4. The van der Waals surface area contributed by atoms with Crippen LogP contribution in [0.3, 0.4) is 0 Å². The lowest BCUT2D eigenvalue weighted by Crippen LogP contribution is -2.45.